The smallest absolute Gasteiger partial charge is 0.302 e. The van der Waals surface area contributed by atoms with Crippen LogP contribution in [0.4, 0.5) is 0 Å². The molecule has 2 aromatic carbocycles. The minimum absolute atomic E-state index is 0.0830. The molecule has 2 aromatic rings. The summed E-state index contributed by atoms with van der Waals surface area (Å²) in [5.41, 5.74) is 1.75. The van der Waals surface area contributed by atoms with Crippen molar-refractivity contribution in [2.24, 2.45) is 11.8 Å². The molecule has 0 spiro atoms. The summed E-state index contributed by atoms with van der Waals surface area (Å²) < 4.78 is 11.6. The molecular weight excluding hydrogens is 523 g/mol. The number of nitrogens with one attached hydrogen (secondary N) is 1. The Bertz CT molecular complexity index is 1190. The van der Waals surface area contributed by atoms with Crippen LogP contribution in [-0.4, -0.2) is 55.7 Å². The van der Waals surface area contributed by atoms with Gasteiger partial charge in [-0.1, -0.05) is 41.4 Å². The van der Waals surface area contributed by atoms with Gasteiger partial charge in [-0.2, -0.15) is 0 Å². The summed E-state index contributed by atoms with van der Waals surface area (Å²) in [6.07, 6.45) is 4.85. The van der Waals surface area contributed by atoms with Crippen LogP contribution in [-0.2, 0) is 26.2 Å². The molecule has 8 heteroatoms. The number of methoxy groups -OCH3 is 1. The third-order valence-electron chi connectivity index (χ3n) is 8.50. The van der Waals surface area contributed by atoms with Gasteiger partial charge >= 0.3 is 5.97 Å². The molecule has 0 aromatic heterocycles. The normalized spacial score (nSPS) is 27.3. The number of nitrogens with zero attached hydrogens (tertiary/aromatic N) is 1. The van der Waals surface area contributed by atoms with E-state index in [0.717, 1.165) is 49.7 Å². The Kier molecular flexibility index (Phi) is 8.22. The van der Waals surface area contributed by atoms with Gasteiger partial charge in [-0.3, -0.25) is 9.59 Å². The van der Waals surface area contributed by atoms with E-state index in [1.165, 1.54) is 25.3 Å². The number of fused-ring (bicyclic) bond motifs is 1. The van der Waals surface area contributed by atoms with Crippen molar-refractivity contribution in [2.45, 2.75) is 63.0 Å². The Hall–Kier alpha value is -2.28. The quantitative estimate of drug-likeness (QED) is 0.438. The molecule has 6 nitrogen and oxygen atoms in total. The van der Waals surface area contributed by atoms with Gasteiger partial charge in [0.1, 0.15) is 11.9 Å². The first-order valence-electron chi connectivity index (χ1n) is 13.5. The van der Waals surface area contributed by atoms with E-state index in [1.807, 2.05) is 18.2 Å². The van der Waals surface area contributed by atoms with Crippen LogP contribution in [0.3, 0.4) is 0 Å². The number of hydrogen-bond donors (Lipinski definition) is 1. The molecule has 4 atom stereocenters. The zero-order valence-corrected chi connectivity index (χ0v) is 23.6. The number of amides is 1. The van der Waals surface area contributed by atoms with E-state index >= 15 is 0 Å². The molecule has 1 unspecified atom stereocenters. The molecular formula is C30H36Cl2N2O4. The highest BCUT2D eigenvalue weighted by Crippen LogP contribution is 2.51. The second-order valence-electron chi connectivity index (χ2n) is 11.2. The molecule has 5 rings (SSSR count). The number of rotatable bonds is 8. The van der Waals surface area contributed by atoms with Crippen LogP contribution >= 0.6 is 23.2 Å². The molecule has 3 fully saturated rings. The monoisotopic (exact) mass is 558 g/mol. The van der Waals surface area contributed by atoms with Gasteiger partial charge in [0.2, 0.25) is 5.91 Å². The van der Waals surface area contributed by atoms with Crippen molar-refractivity contribution in [1.29, 1.82) is 0 Å². The van der Waals surface area contributed by atoms with E-state index in [-0.39, 0.29) is 41.8 Å². The molecule has 1 N–H and O–H groups in total. The number of esters is 1. The number of hydrogen-bond acceptors (Lipinski definition) is 5. The lowest BCUT2D eigenvalue weighted by Gasteiger charge is -2.55. The largest absolute Gasteiger partial charge is 0.497 e. The average Bonchev–Trinajstić information content (AvgIpc) is 3.70. The van der Waals surface area contributed by atoms with Crippen LogP contribution in [0.1, 0.15) is 50.2 Å². The fraction of sp³-hybridized carbons (Fsp3) is 0.533. The third kappa shape index (κ3) is 6.13. The van der Waals surface area contributed by atoms with Crippen molar-refractivity contribution in [3.63, 3.8) is 0 Å². The van der Waals surface area contributed by atoms with Gasteiger partial charge < -0.3 is 19.7 Å². The van der Waals surface area contributed by atoms with Crippen molar-refractivity contribution in [1.82, 2.24) is 10.2 Å². The van der Waals surface area contributed by atoms with Gasteiger partial charge in [0.15, 0.2) is 0 Å². The van der Waals surface area contributed by atoms with Crippen molar-refractivity contribution >= 4 is 35.1 Å². The van der Waals surface area contributed by atoms with Crippen LogP contribution in [0, 0.1) is 11.8 Å². The van der Waals surface area contributed by atoms with E-state index in [0.29, 0.717) is 16.5 Å². The first kappa shape index (κ1) is 27.3. The van der Waals surface area contributed by atoms with Gasteiger partial charge in [0.25, 0.3) is 0 Å². The summed E-state index contributed by atoms with van der Waals surface area (Å²) in [7, 11) is 1.68. The van der Waals surface area contributed by atoms with Crippen molar-refractivity contribution in [3.05, 3.63) is 63.6 Å². The number of benzene rings is 2. The number of piperidine rings is 1. The van der Waals surface area contributed by atoms with E-state index < -0.39 is 0 Å². The number of carbonyl (C=O) groups excluding carboxylic acids is 2. The molecule has 2 saturated carbocycles. The first-order valence-corrected chi connectivity index (χ1v) is 14.3. The van der Waals surface area contributed by atoms with Crippen molar-refractivity contribution in [3.8, 4) is 5.75 Å². The van der Waals surface area contributed by atoms with Gasteiger partial charge in [-0.05, 0) is 73.5 Å². The Morgan fingerprint density at radius 1 is 1.13 bits per heavy atom. The molecule has 1 amide bonds. The molecule has 204 valence electrons. The van der Waals surface area contributed by atoms with E-state index in [1.54, 1.807) is 19.2 Å². The molecule has 3 aliphatic rings. The van der Waals surface area contributed by atoms with Crippen LogP contribution in [0.25, 0.3) is 0 Å². The highest BCUT2D eigenvalue weighted by Gasteiger charge is 2.54. The first-order chi connectivity index (χ1) is 18.3. The molecule has 0 radical (unpaired) electrons. The molecule has 1 heterocycles. The maximum atomic E-state index is 13.2. The lowest BCUT2D eigenvalue weighted by Crippen LogP contribution is -2.61. The van der Waals surface area contributed by atoms with E-state index in [9.17, 15) is 9.59 Å². The molecule has 0 bridgehead atoms. The Morgan fingerprint density at radius 3 is 2.66 bits per heavy atom. The summed E-state index contributed by atoms with van der Waals surface area (Å²) in [5.74, 6) is 1.38. The fourth-order valence-corrected chi connectivity index (χ4v) is 6.91. The number of carbonyl (C=O) groups is 2. The predicted octanol–water partition coefficient (Wildman–Crippen LogP) is 5.42. The standard InChI is InChI=1S/C30H36Cl2N2O4/c1-19(35)38-28-15-23(33-29(36)13-21-8-9-26(31)27(32)12-21)16-30(22-4-3-5-24(14-22)37-2)10-11-34(18-25(28)30)17-20-6-7-20/h3-5,8-9,12,14,20,23,25,28H,6-7,10-11,13,15-18H2,1-2H3,(H,33,36)/t23-,25-,28?,30-/m0/s1. The van der Waals surface area contributed by atoms with Crippen LogP contribution < -0.4 is 10.1 Å². The fourth-order valence-electron chi connectivity index (χ4n) is 6.59. The van der Waals surface area contributed by atoms with E-state index in [2.05, 4.69) is 22.3 Å². The van der Waals surface area contributed by atoms with Crippen LogP contribution in [0.5, 0.6) is 5.75 Å². The second kappa shape index (κ2) is 11.4. The lowest BCUT2D eigenvalue weighted by atomic mass is 9.57. The van der Waals surface area contributed by atoms with Gasteiger partial charge in [0.05, 0.1) is 23.6 Å². The summed E-state index contributed by atoms with van der Waals surface area (Å²) in [5, 5.41) is 4.16. The highest BCUT2D eigenvalue weighted by atomic mass is 35.5. The van der Waals surface area contributed by atoms with Crippen molar-refractivity contribution in [2.75, 3.05) is 26.7 Å². The summed E-state index contributed by atoms with van der Waals surface area (Å²) in [4.78, 5) is 28.0. The summed E-state index contributed by atoms with van der Waals surface area (Å²) in [6.45, 7) is 4.46. The van der Waals surface area contributed by atoms with E-state index in [4.69, 9.17) is 32.7 Å². The maximum Gasteiger partial charge on any atom is 0.302 e. The van der Waals surface area contributed by atoms with Gasteiger partial charge in [-0.25, -0.2) is 0 Å². The Balaban J connectivity index is 1.42. The second-order valence-corrected chi connectivity index (χ2v) is 12.0. The predicted molar refractivity (Wildman–Crippen MR) is 149 cm³/mol. The zero-order valence-electron chi connectivity index (χ0n) is 22.1. The molecule has 1 aliphatic heterocycles. The minimum Gasteiger partial charge on any atom is -0.497 e. The molecule has 2 aliphatic carbocycles. The Labute approximate surface area is 235 Å². The lowest BCUT2D eigenvalue weighted by molar-refractivity contribution is -0.157. The summed E-state index contributed by atoms with van der Waals surface area (Å²) >= 11 is 12.2. The molecule has 38 heavy (non-hydrogen) atoms. The minimum atomic E-state index is -0.287. The third-order valence-corrected chi connectivity index (χ3v) is 9.24. The van der Waals surface area contributed by atoms with Gasteiger partial charge in [-0.15, -0.1) is 0 Å². The topological polar surface area (TPSA) is 67.9 Å². The number of likely N-dealkylation sites (tertiary alicyclic amines) is 1. The maximum absolute atomic E-state index is 13.2. The highest BCUT2D eigenvalue weighted by molar-refractivity contribution is 6.42. The summed E-state index contributed by atoms with van der Waals surface area (Å²) in [6, 6.07) is 13.4. The van der Waals surface area contributed by atoms with Crippen LogP contribution in [0.2, 0.25) is 10.0 Å². The number of halogens is 2. The van der Waals surface area contributed by atoms with Crippen LogP contribution in [0.15, 0.2) is 42.5 Å². The average molecular weight is 560 g/mol. The molecule has 1 saturated heterocycles. The van der Waals surface area contributed by atoms with Gasteiger partial charge in [0, 0.05) is 43.8 Å². The Morgan fingerprint density at radius 2 is 1.95 bits per heavy atom. The SMILES string of the molecule is COc1cccc([C@@]23CCN(CC4CC4)C[C@H]2C(OC(C)=O)C[C@H](NC(=O)Cc2ccc(Cl)c(Cl)c2)C3)c1. The number of ether oxygens (including phenoxy) is 2. The zero-order chi connectivity index (χ0) is 26.9. The van der Waals surface area contributed by atoms with Crippen molar-refractivity contribution < 1.29 is 19.1 Å².